The fraction of sp³-hybridized carbons (Fsp3) is 0.0192. The van der Waals surface area contributed by atoms with Crippen molar-refractivity contribution in [2.75, 3.05) is 0 Å². The molecule has 0 saturated carbocycles. The molecule has 266 valence electrons. The molecular weight excluding hydrogens is 697 g/mol. The number of hydrogen-bond acceptors (Lipinski definition) is 4. The maximum absolute atomic E-state index is 6.91. The normalized spacial score (nSPS) is 13.2. The second kappa shape index (κ2) is 12.2. The standard InChI is InChI=1S/C52H32N4O/c1-3-15-33(16-4-1)34-27-29-36(30-28-34)50-53-49(35-17-5-2-6-18-35)54-51(55-50)56-45-25-13-9-21-39(45)40-31-48-44(32-46(40)56)52(43-24-12-14-26-47(43)57-48)41-22-10-7-19-37(41)38-20-8-11-23-42(38)52/h1-32H. The van der Waals surface area contributed by atoms with Crippen LogP contribution in [0.1, 0.15) is 22.3 Å². The first kappa shape index (κ1) is 31.7. The second-order valence-corrected chi connectivity index (χ2v) is 14.7. The average molecular weight is 729 g/mol. The smallest absolute Gasteiger partial charge is 0.238 e. The monoisotopic (exact) mass is 728 g/mol. The van der Waals surface area contributed by atoms with Crippen LogP contribution in [0.25, 0.3) is 72.8 Å². The van der Waals surface area contributed by atoms with Crippen LogP contribution in [0.5, 0.6) is 11.5 Å². The number of ether oxygens (including phenoxy) is 1. The zero-order chi connectivity index (χ0) is 37.5. The summed E-state index contributed by atoms with van der Waals surface area (Å²) in [7, 11) is 0. The molecule has 2 aromatic heterocycles. The van der Waals surface area contributed by atoms with Gasteiger partial charge in [0.2, 0.25) is 5.95 Å². The Hall–Kier alpha value is -7.63. The first-order valence-electron chi connectivity index (χ1n) is 19.3. The predicted molar refractivity (Wildman–Crippen MR) is 228 cm³/mol. The molecule has 57 heavy (non-hydrogen) atoms. The summed E-state index contributed by atoms with van der Waals surface area (Å²) in [5.41, 5.74) is 12.7. The molecule has 0 bridgehead atoms. The zero-order valence-corrected chi connectivity index (χ0v) is 30.7. The molecule has 0 amide bonds. The van der Waals surface area contributed by atoms with Crippen LogP contribution in [-0.2, 0) is 5.41 Å². The molecule has 1 aliphatic carbocycles. The second-order valence-electron chi connectivity index (χ2n) is 14.7. The SMILES string of the molecule is c1ccc(-c2ccc(-c3nc(-c4ccccc4)nc(-n4c5ccccc5c5cc6c(cc54)C4(c5ccccc5O6)c5ccccc5-c5ccccc54)n3)cc2)cc1. The van der Waals surface area contributed by atoms with Crippen molar-refractivity contribution in [2.45, 2.75) is 5.41 Å². The van der Waals surface area contributed by atoms with E-state index in [2.05, 4.69) is 174 Å². The van der Waals surface area contributed by atoms with Gasteiger partial charge in [0.25, 0.3) is 0 Å². The lowest BCUT2D eigenvalue weighted by molar-refractivity contribution is 0.437. The molecule has 0 radical (unpaired) electrons. The van der Waals surface area contributed by atoms with E-state index in [1.807, 2.05) is 24.3 Å². The van der Waals surface area contributed by atoms with Crippen molar-refractivity contribution in [2.24, 2.45) is 0 Å². The highest BCUT2D eigenvalue weighted by atomic mass is 16.5. The van der Waals surface area contributed by atoms with E-state index < -0.39 is 5.41 Å². The summed E-state index contributed by atoms with van der Waals surface area (Å²) in [4.78, 5) is 15.6. The highest BCUT2D eigenvalue weighted by Gasteiger charge is 2.51. The molecule has 5 heteroatoms. The summed E-state index contributed by atoms with van der Waals surface area (Å²) in [6.45, 7) is 0. The summed E-state index contributed by atoms with van der Waals surface area (Å²) in [6, 6.07) is 68.3. The van der Waals surface area contributed by atoms with Gasteiger partial charge in [0, 0.05) is 33.0 Å². The van der Waals surface area contributed by atoms with Crippen molar-refractivity contribution >= 4 is 21.8 Å². The van der Waals surface area contributed by atoms with Gasteiger partial charge in [-0.3, -0.25) is 4.57 Å². The topological polar surface area (TPSA) is 52.8 Å². The minimum atomic E-state index is -0.604. The Labute approximate surface area is 329 Å². The first-order valence-corrected chi connectivity index (χ1v) is 19.3. The predicted octanol–water partition coefficient (Wildman–Crippen LogP) is 12.4. The summed E-state index contributed by atoms with van der Waals surface area (Å²) in [5.74, 6) is 3.48. The van der Waals surface area contributed by atoms with Crippen LogP contribution in [-0.4, -0.2) is 19.5 Å². The molecule has 5 nitrogen and oxygen atoms in total. The van der Waals surface area contributed by atoms with E-state index in [1.165, 1.54) is 22.3 Å². The number of nitrogens with zero attached hydrogens (tertiary/aromatic N) is 4. The highest BCUT2D eigenvalue weighted by Crippen LogP contribution is 2.62. The summed E-state index contributed by atoms with van der Waals surface area (Å²) < 4.78 is 9.12. The van der Waals surface area contributed by atoms with Gasteiger partial charge < -0.3 is 4.74 Å². The molecule has 12 rings (SSSR count). The van der Waals surface area contributed by atoms with E-state index in [0.29, 0.717) is 17.6 Å². The zero-order valence-electron chi connectivity index (χ0n) is 30.7. The Bertz CT molecular complexity index is 3160. The molecule has 1 spiro atoms. The fourth-order valence-corrected chi connectivity index (χ4v) is 9.29. The van der Waals surface area contributed by atoms with Crippen LogP contribution in [0.4, 0.5) is 0 Å². The van der Waals surface area contributed by atoms with E-state index in [4.69, 9.17) is 19.7 Å². The lowest BCUT2D eigenvalue weighted by Crippen LogP contribution is -2.32. The molecule has 3 heterocycles. The molecular formula is C52H32N4O. The molecule has 0 fully saturated rings. The average Bonchev–Trinajstić information content (AvgIpc) is 3.77. The van der Waals surface area contributed by atoms with Crippen molar-refractivity contribution in [3.63, 3.8) is 0 Å². The molecule has 8 aromatic carbocycles. The van der Waals surface area contributed by atoms with E-state index >= 15 is 0 Å². The van der Waals surface area contributed by atoms with Crippen LogP contribution in [0.3, 0.4) is 0 Å². The van der Waals surface area contributed by atoms with Crippen LogP contribution in [0.2, 0.25) is 0 Å². The van der Waals surface area contributed by atoms with E-state index in [9.17, 15) is 0 Å². The molecule has 1 aliphatic heterocycles. The Kier molecular flexibility index (Phi) is 6.78. The maximum atomic E-state index is 6.91. The quantitative estimate of drug-likeness (QED) is 0.181. The molecule has 0 saturated heterocycles. The highest BCUT2D eigenvalue weighted by molar-refractivity contribution is 6.10. The number of rotatable bonds is 4. The van der Waals surface area contributed by atoms with Crippen molar-refractivity contribution in [3.8, 4) is 62.5 Å². The number of aromatic nitrogens is 4. The number of para-hydroxylation sites is 2. The summed E-state index contributed by atoms with van der Waals surface area (Å²) in [6.07, 6.45) is 0. The van der Waals surface area contributed by atoms with E-state index in [0.717, 1.165) is 66.7 Å². The largest absolute Gasteiger partial charge is 0.457 e. The van der Waals surface area contributed by atoms with Crippen LogP contribution >= 0.6 is 0 Å². The van der Waals surface area contributed by atoms with Gasteiger partial charge in [-0.1, -0.05) is 170 Å². The fourth-order valence-electron chi connectivity index (χ4n) is 9.29. The third-order valence-electron chi connectivity index (χ3n) is 11.7. The summed E-state index contributed by atoms with van der Waals surface area (Å²) >= 11 is 0. The molecule has 0 unspecified atom stereocenters. The minimum absolute atomic E-state index is 0.551. The third-order valence-corrected chi connectivity index (χ3v) is 11.7. The summed E-state index contributed by atoms with van der Waals surface area (Å²) in [5, 5.41) is 2.16. The number of hydrogen-bond donors (Lipinski definition) is 0. The van der Waals surface area contributed by atoms with Gasteiger partial charge in [-0.25, -0.2) is 4.98 Å². The molecule has 10 aromatic rings. The Morgan fingerprint density at radius 2 is 0.895 bits per heavy atom. The molecule has 2 aliphatic rings. The minimum Gasteiger partial charge on any atom is -0.457 e. The Morgan fingerprint density at radius 3 is 1.60 bits per heavy atom. The van der Waals surface area contributed by atoms with Gasteiger partial charge in [0.15, 0.2) is 11.6 Å². The van der Waals surface area contributed by atoms with Gasteiger partial charge >= 0.3 is 0 Å². The van der Waals surface area contributed by atoms with Crippen molar-refractivity contribution in [1.82, 2.24) is 19.5 Å². The van der Waals surface area contributed by atoms with Crippen LogP contribution in [0, 0.1) is 0 Å². The van der Waals surface area contributed by atoms with Crippen molar-refractivity contribution < 1.29 is 4.74 Å². The van der Waals surface area contributed by atoms with Crippen LogP contribution in [0.15, 0.2) is 194 Å². The lowest BCUT2D eigenvalue weighted by Gasteiger charge is -2.39. The maximum Gasteiger partial charge on any atom is 0.238 e. The number of benzene rings is 8. The van der Waals surface area contributed by atoms with Crippen molar-refractivity contribution in [1.29, 1.82) is 0 Å². The molecule has 0 N–H and O–H groups in total. The lowest BCUT2D eigenvalue weighted by atomic mass is 9.66. The first-order chi connectivity index (χ1) is 28.3. The van der Waals surface area contributed by atoms with Gasteiger partial charge in [-0.05, 0) is 57.6 Å². The third kappa shape index (κ3) is 4.60. The van der Waals surface area contributed by atoms with Gasteiger partial charge in [0.05, 0.1) is 16.4 Å². The molecule has 0 atom stereocenters. The van der Waals surface area contributed by atoms with Gasteiger partial charge in [-0.15, -0.1) is 0 Å². The van der Waals surface area contributed by atoms with Crippen molar-refractivity contribution in [3.05, 3.63) is 216 Å². The Balaban J connectivity index is 1.15. The number of fused-ring (bicyclic) bond motifs is 12. The Morgan fingerprint density at radius 1 is 0.368 bits per heavy atom. The van der Waals surface area contributed by atoms with Crippen LogP contribution < -0.4 is 4.74 Å². The van der Waals surface area contributed by atoms with Gasteiger partial charge in [0.1, 0.15) is 11.5 Å². The van der Waals surface area contributed by atoms with E-state index in [1.54, 1.807) is 0 Å². The van der Waals surface area contributed by atoms with E-state index in [-0.39, 0.29) is 0 Å². The van der Waals surface area contributed by atoms with Gasteiger partial charge in [-0.2, -0.15) is 9.97 Å².